The van der Waals surface area contributed by atoms with Gasteiger partial charge in [0.2, 0.25) is 15.9 Å². The number of piperazine rings is 1. The van der Waals surface area contributed by atoms with E-state index in [4.69, 9.17) is 0 Å². The largest absolute Gasteiger partial charge is 0.312 e. The molecule has 3 rings (SSSR count). The summed E-state index contributed by atoms with van der Waals surface area (Å²) in [5.74, 6) is 0.0318. The number of hydrogen-bond acceptors (Lipinski definition) is 4. The van der Waals surface area contributed by atoms with Crippen LogP contribution in [0.1, 0.15) is 18.1 Å². The zero-order valence-corrected chi connectivity index (χ0v) is 18.2. The van der Waals surface area contributed by atoms with E-state index in [0.29, 0.717) is 44.2 Å². The van der Waals surface area contributed by atoms with Crippen LogP contribution in [0.2, 0.25) is 0 Å². The summed E-state index contributed by atoms with van der Waals surface area (Å²) in [6.45, 7) is 8.50. The summed E-state index contributed by atoms with van der Waals surface area (Å²) in [5, 5.41) is 0. The van der Waals surface area contributed by atoms with Crippen LogP contribution in [0.25, 0.3) is 0 Å². The molecule has 0 N–H and O–H groups in total. The minimum absolute atomic E-state index is 0.0318. The van der Waals surface area contributed by atoms with Crippen molar-refractivity contribution < 1.29 is 13.2 Å². The summed E-state index contributed by atoms with van der Waals surface area (Å²) < 4.78 is 27.6. The summed E-state index contributed by atoms with van der Waals surface area (Å²) in [5.41, 5.74) is 2.70. The van der Waals surface area contributed by atoms with Crippen LogP contribution in [0.15, 0.2) is 53.4 Å². The van der Waals surface area contributed by atoms with E-state index in [1.165, 1.54) is 4.31 Å². The molecule has 0 unspecified atom stereocenters. The Hall–Kier alpha value is -2.22. The van der Waals surface area contributed by atoms with Gasteiger partial charge in [-0.2, -0.15) is 4.31 Å². The molecule has 2 aromatic carbocycles. The minimum Gasteiger partial charge on any atom is -0.312 e. The summed E-state index contributed by atoms with van der Waals surface area (Å²) in [4.78, 5) is 16.9. The van der Waals surface area contributed by atoms with Crippen LogP contribution in [0.5, 0.6) is 0 Å². The van der Waals surface area contributed by atoms with Crippen LogP contribution in [0.4, 0.5) is 5.69 Å². The third-order valence-corrected chi connectivity index (χ3v) is 7.38. The first-order valence-electron chi connectivity index (χ1n) is 9.98. The summed E-state index contributed by atoms with van der Waals surface area (Å²) >= 11 is 0. The van der Waals surface area contributed by atoms with Crippen LogP contribution in [-0.2, 0) is 14.8 Å². The topological polar surface area (TPSA) is 60.9 Å². The van der Waals surface area contributed by atoms with Gasteiger partial charge >= 0.3 is 0 Å². The quantitative estimate of drug-likeness (QED) is 0.728. The molecule has 0 radical (unpaired) electrons. The molecule has 29 heavy (non-hydrogen) atoms. The van der Waals surface area contributed by atoms with Gasteiger partial charge in [-0.3, -0.25) is 9.69 Å². The van der Waals surface area contributed by atoms with Gasteiger partial charge in [0.05, 0.1) is 11.4 Å². The van der Waals surface area contributed by atoms with Crippen molar-refractivity contribution in [3.8, 4) is 0 Å². The Balaban J connectivity index is 1.62. The molecule has 1 fully saturated rings. The summed E-state index contributed by atoms with van der Waals surface area (Å²) in [6, 6.07) is 15.0. The van der Waals surface area contributed by atoms with Gasteiger partial charge in [-0.1, -0.05) is 35.9 Å². The fourth-order valence-electron chi connectivity index (χ4n) is 3.74. The monoisotopic (exact) mass is 415 g/mol. The van der Waals surface area contributed by atoms with Gasteiger partial charge in [0.25, 0.3) is 0 Å². The van der Waals surface area contributed by atoms with Gasteiger partial charge in [-0.15, -0.1) is 0 Å². The number of aryl methyl sites for hydroxylation is 2. The van der Waals surface area contributed by atoms with E-state index in [2.05, 4.69) is 0 Å². The molecule has 0 atom stereocenters. The van der Waals surface area contributed by atoms with E-state index in [1.54, 1.807) is 11.0 Å². The molecule has 0 spiro atoms. The van der Waals surface area contributed by atoms with Crippen LogP contribution in [0.3, 0.4) is 0 Å². The van der Waals surface area contributed by atoms with E-state index in [0.717, 1.165) is 16.8 Å². The molecular formula is C22H29N3O3S. The number of carbonyl (C=O) groups excluding carboxylic acids is 1. The van der Waals surface area contributed by atoms with Crippen LogP contribution >= 0.6 is 0 Å². The van der Waals surface area contributed by atoms with Crippen molar-refractivity contribution in [2.24, 2.45) is 0 Å². The predicted octanol–water partition coefficient (Wildman–Crippen LogP) is 2.66. The lowest BCUT2D eigenvalue weighted by molar-refractivity contribution is -0.120. The normalized spacial score (nSPS) is 16.0. The Labute approximate surface area is 173 Å². The second kappa shape index (κ2) is 9.07. The molecule has 1 aliphatic heterocycles. The van der Waals surface area contributed by atoms with Crippen molar-refractivity contribution in [1.82, 2.24) is 9.21 Å². The SMILES string of the molecule is CCN(C(=O)CN1CCN(S(=O)(=O)c2ccc(C)cc2C)CC1)c1ccccc1. The Morgan fingerprint density at radius 1 is 1.00 bits per heavy atom. The Morgan fingerprint density at radius 2 is 1.66 bits per heavy atom. The van der Waals surface area contributed by atoms with Crippen LogP contribution < -0.4 is 4.90 Å². The molecule has 1 heterocycles. The van der Waals surface area contributed by atoms with Crippen molar-refractivity contribution in [2.45, 2.75) is 25.7 Å². The first-order chi connectivity index (χ1) is 13.8. The average molecular weight is 416 g/mol. The highest BCUT2D eigenvalue weighted by molar-refractivity contribution is 7.89. The molecule has 7 heteroatoms. The predicted molar refractivity (Wildman–Crippen MR) is 116 cm³/mol. The molecule has 1 saturated heterocycles. The van der Waals surface area contributed by atoms with Gasteiger partial charge in [-0.05, 0) is 44.5 Å². The van der Waals surface area contributed by atoms with Crippen molar-refractivity contribution in [3.63, 3.8) is 0 Å². The summed E-state index contributed by atoms with van der Waals surface area (Å²) in [7, 11) is -3.51. The average Bonchev–Trinajstić information content (AvgIpc) is 2.69. The first kappa shape index (κ1) is 21.5. The van der Waals surface area contributed by atoms with Gasteiger partial charge in [0.1, 0.15) is 0 Å². The maximum absolute atomic E-state index is 13.0. The van der Waals surface area contributed by atoms with Crippen molar-refractivity contribution in [2.75, 3.05) is 44.2 Å². The lowest BCUT2D eigenvalue weighted by Crippen LogP contribution is -2.51. The first-order valence-corrected chi connectivity index (χ1v) is 11.4. The zero-order chi connectivity index (χ0) is 21.0. The van der Waals surface area contributed by atoms with Gasteiger partial charge in [-0.25, -0.2) is 8.42 Å². The van der Waals surface area contributed by atoms with Crippen molar-refractivity contribution in [1.29, 1.82) is 0 Å². The minimum atomic E-state index is -3.51. The van der Waals surface area contributed by atoms with Crippen molar-refractivity contribution >= 4 is 21.6 Å². The fourth-order valence-corrected chi connectivity index (χ4v) is 5.37. The number of hydrogen-bond donors (Lipinski definition) is 0. The number of sulfonamides is 1. The number of anilines is 1. The third kappa shape index (κ3) is 4.86. The standard InChI is InChI=1S/C22H29N3O3S/c1-4-25(20-8-6-5-7-9-20)22(26)17-23-12-14-24(15-13-23)29(27,28)21-11-10-18(2)16-19(21)3/h5-11,16H,4,12-15,17H2,1-3H3. The number of rotatable bonds is 6. The molecular weight excluding hydrogens is 386 g/mol. The van der Waals surface area contributed by atoms with E-state index < -0.39 is 10.0 Å². The molecule has 0 aliphatic carbocycles. The van der Waals surface area contributed by atoms with Gasteiger partial charge in [0.15, 0.2) is 0 Å². The lowest BCUT2D eigenvalue weighted by Gasteiger charge is -2.34. The highest BCUT2D eigenvalue weighted by Gasteiger charge is 2.30. The van der Waals surface area contributed by atoms with E-state index >= 15 is 0 Å². The Kier molecular flexibility index (Phi) is 6.72. The van der Waals surface area contributed by atoms with E-state index in [1.807, 2.05) is 68.1 Å². The van der Waals surface area contributed by atoms with Crippen LogP contribution in [0, 0.1) is 13.8 Å². The maximum atomic E-state index is 13.0. The van der Waals surface area contributed by atoms with E-state index in [-0.39, 0.29) is 5.91 Å². The molecule has 6 nitrogen and oxygen atoms in total. The molecule has 2 aromatic rings. The maximum Gasteiger partial charge on any atom is 0.243 e. The summed E-state index contributed by atoms with van der Waals surface area (Å²) in [6.07, 6.45) is 0. The highest BCUT2D eigenvalue weighted by Crippen LogP contribution is 2.22. The number of likely N-dealkylation sites (N-methyl/N-ethyl adjacent to an activating group) is 1. The highest BCUT2D eigenvalue weighted by atomic mass is 32.2. The number of para-hydroxylation sites is 1. The molecule has 0 bridgehead atoms. The Morgan fingerprint density at radius 3 is 2.24 bits per heavy atom. The lowest BCUT2D eigenvalue weighted by atomic mass is 10.2. The fraction of sp³-hybridized carbons (Fsp3) is 0.409. The van der Waals surface area contributed by atoms with Crippen molar-refractivity contribution in [3.05, 3.63) is 59.7 Å². The number of amides is 1. The molecule has 1 aliphatic rings. The molecule has 156 valence electrons. The number of benzene rings is 2. The van der Waals surface area contributed by atoms with Gasteiger partial charge in [0, 0.05) is 38.4 Å². The van der Waals surface area contributed by atoms with Crippen LogP contribution in [-0.4, -0.2) is 62.8 Å². The second-order valence-electron chi connectivity index (χ2n) is 7.42. The molecule has 1 amide bonds. The second-order valence-corrected chi connectivity index (χ2v) is 9.33. The Bertz CT molecular complexity index is 953. The van der Waals surface area contributed by atoms with Gasteiger partial charge < -0.3 is 4.90 Å². The smallest absolute Gasteiger partial charge is 0.243 e. The molecule has 0 aromatic heterocycles. The molecule has 0 saturated carbocycles. The zero-order valence-electron chi connectivity index (χ0n) is 17.3. The third-order valence-electron chi connectivity index (χ3n) is 5.32. The number of nitrogens with zero attached hydrogens (tertiary/aromatic N) is 3. The number of carbonyl (C=O) groups is 1. The van der Waals surface area contributed by atoms with E-state index in [9.17, 15) is 13.2 Å².